The minimum Gasteiger partial charge on any atom is -0.384 e. The van der Waals surface area contributed by atoms with Crippen molar-refractivity contribution in [3.05, 3.63) is 41.6 Å². The highest BCUT2D eigenvalue weighted by atomic mass is 16.1. The van der Waals surface area contributed by atoms with Crippen LogP contribution < -0.4 is 5.32 Å². The maximum Gasteiger partial charge on any atom is 0.133 e. The third kappa shape index (κ3) is 10.8. The maximum absolute atomic E-state index is 11.2. The number of benzene rings is 1. The van der Waals surface area contributed by atoms with E-state index in [0.717, 1.165) is 51.5 Å². The molecular formula is C33H55N5O. The van der Waals surface area contributed by atoms with E-state index >= 15 is 0 Å². The fraction of sp³-hybridized carbons (Fsp3) is 0.697. The van der Waals surface area contributed by atoms with Crippen LogP contribution in [0.1, 0.15) is 82.3 Å². The van der Waals surface area contributed by atoms with Crippen molar-refractivity contribution in [1.82, 2.24) is 14.7 Å². The zero-order valence-corrected chi connectivity index (χ0v) is 25.5. The van der Waals surface area contributed by atoms with Gasteiger partial charge < -0.3 is 19.9 Å². The van der Waals surface area contributed by atoms with Gasteiger partial charge in [-0.1, -0.05) is 38.5 Å². The molecule has 39 heavy (non-hydrogen) atoms. The molecule has 1 aromatic carbocycles. The third-order valence-corrected chi connectivity index (χ3v) is 8.43. The number of likely N-dealkylation sites (tertiary alicyclic amines) is 1. The molecule has 1 N–H and O–H groups in total. The van der Waals surface area contributed by atoms with Crippen molar-refractivity contribution in [3.63, 3.8) is 0 Å². The zero-order chi connectivity index (χ0) is 28.0. The molecule has 1 aromatic rings. The minimum atomic E-state index is 0.487. The van der Waals surface area contributed by atoms with E-state index in [2.05, 4.69) is 84.3 Å². The Morgan fingerprint density at radius 3 is 2.67 bits per heavy atom. The van der Waals surface area contributed by atoms with Crippen LogP contribution >= 0.6 is 0 Å². The van der Waals surface area contributed by atoms with Crippen molar-refractivity contribution < 1.29 is 4.79 Å². The SMILES string of the molecule is CC1C=CN=C(CCC2CC(c3ccc4c(c3)CCN4)CN2CC=O)C1.CCCCN(C)CCCCN(C)C. The molecule has 0 aliphatic carbocycles. The summed E-state index contributed by atoms with van der Waals surface area (Å²) in [7, 11) is 6.51. The Balaban J connectivity index is 0.000000276. The number of carbonyl (C=O) groups is 1. The smallest absolute Gasteiger partial charge is 0.133 e. The number of nitrogens with zero attached hydrogens (tertiary/aromatic N) is 4. The lowest BCUT2D eigenvalue weighted by atomic mass is 9.92. The number of carbonyl (C=O) groups excluding carboxylic acids is 1. The summed E-state index contributed by atoms with van der Waals surface area (Å²) in [6.45, 7) is 10.8. The standard InChI is InChI=1S/C22H29N3O.C11H26N2/c1-16-6-8-23-20(12-16)3-4-21-14-19(15-25(21)10-11-26)17-2-5-22-18(13-17)7-9-24-22;1-5-6-10-13(4)11-8-7-9-12(2)3/h2,5-6,8,11,13,16,19,21,24H,3-4,7,9-10,12,14-15H2,1H3;5-11H2,1-4H3. The predicted molar refractivity (Wildman–Crippen MR) is 167 cm³/mol. The molecule has 1 saturated heterocycles. The predicted octanol–water partition coefficient (Wildman–Crippen LogP) is 5.85. The molecule has 0 radical (unpaired) electrons. The van der Waals surface area contributed by atoms with Gasteiger partial charge in [0.15, 0.2) is 0 Å². The molecule has 0 saturated carbocycles. The molecule has 3 aliphatic rings. The van der Waals surface area contributed by atoms with Gasteiger partial charge in [-0.15, -0.1) is 0 Å². The van der Waals surface area contributed by atoms with Gasteiger partial charge in [0.05, 0.1) is 6.54 Å². The van der Waals surface area contributed by atoms with Gasteiger partial charge >= 0.3 is 0 Å². The zero-order valence-electron chi connectivity index (χ0n) is 25.5. The van der Waals surface area contributed by atoms with Gasteiger partial charge in [0.1, 0.15) is 6.29 Å². The number of anilines is 1. The van der Waals surface area contributed by atoms with Gasteiger partial charge in [-0.2, -0.15) is 0 Å². The van der Waals surface area contributed by atoms with Crippen LogP contribution in [0.2, 0.25) is 0 Å². The highest BCUT2D eigenvalue weighted by Crippen LogP contribution is 2.36. The van der Waals surface area contributed by atoms with Crippen molar-refractivity contribution in [3.8, 4) is 0 Å². The van der Waals surface area contributed by atoms with E-state index in [1.54, 1.807) is 0 Å². The van der Waals surface area contributed by atoms with Crippen LogP contribution in [0.3, 0.4) is 0 Å². The Morgan fingerprint density at radius 2 is 1.92 bits per heavy atom. The number of aldehydes is 1. The third-order valence-electron chi connectivity index (χ3n) is 8.43. The molecule has 6 heteroatoms. The van der Waals surface area contributed by atoms with Crippen LogP contribution in [0, 0.1) is 5.92 Å². The summed E-state index contributed by atoms with van der Waals surface area (Å²) in [5, 5.41) is 3.44. The number of hydrogen-bond donors (Lipinski definition) is 1. The van der Waals surface area contributed by atoms with Crippen molar-refractivity contribution >= 4 is 17.7 Å². The average Bonchev–Trinajstić information content (AvgIpc) is 3.56. The van der Waals surface area contributed by atoms with Crippen LogP contribution in [0.25, 0.3) is 0 Å². The Kier molecular flexibility index (Phi) is 13.7. The molecule has 0 spiro atoms. The van der Waals surface area contributed by atoms with E-state index in [0.29, 0.717) is 24.4 Å². The lowest BCUT2D eigenvalue weighted by Gasteiger charge is -2.22. The molecular weight excluding hydrogens is 482 g/mol. The van der Waals surface area contributed by atoms with E-state index in [1.807, 2.05) is 6.20 Å². The minimum absolute atomic E-state index is 0.487. The summed E-state index contributed by atoms with van der Waals surface area (Å²) < 4.78 is 0. The van der Waals surface area contributed by atoms with Crippen LogP contribution in [0.4, 0.5) is 5.69 Å². The number of fused-ring (bicyclic) bond motifs is 1. The summed E-state index contributed by atoms with van der Waals surface area (Å²) in [6, 6.07) is 7.39. The summed E-state index contributed by atoms with van der Waals surface area (Å²) in [6.07, 6.45) is 16.0. The molecule has 1 fully saturated rings. The Labute approximate surface area is 238 Å². The maximum atomic E-state index is 11.2. The van der Waals surface area contributed by atoms with Crippen molar-refractivity contribution in [2.45, 2.75) is 83.6 Å². The fourth-order valence-electron chi connectivity index (χ4n) is 6.06. The second-order valence-corrected chi connectivity index (χ2v) is 12.2. The van der Waals surface area contributed by atoms with Crippen LogP contribution in [-0.2, 0) is 11.2 Å². The Morgan fingerprint density at radius 1 is 1.13 bits per heavy atom. The van der Waals surface area contributed by atoms with Gasteiger partial charge in [0.2, 0.25) is 0 Å². The summed E-state index contributed by atoms with van der Waals surface area (Å²) in [4.78, 5) is 22.8. The first-order valence-corrected chi connectivity index (χ1v) is 15.5. The molecule has 218 valence electrons. The van der Waals surface area contributed by atoms with Gasteiger partial charge in [-0.05, 0) is 121 Å². The Hall–Kier alpha value is -2.02. The van der Waals surface area contributed by atoms with Crippen LogP contribution in [0.15, 0.2) is 35.5 Å². The first kappa shape index (κ1) is 31.5. The molecule has 0 bridgehead atoms. The molecule has 3 aliphatic heterocycles. The van der Waals surface area contributed by atoms with Gasteiger partial charge in [0.25, 0.3) is 0 Å². The van der Waals surface area contributed by atoms with E-state index in [4.69, 9.17) is 0 Å². The first-order chi connectivity index (χ1) is 18.9. The molecule has 6 nitrogen and oxygen atoms in total. The first-order valence-electron chi connectivity index (χ1n) is 15.5. The number of allylic oxidation sites excluding steroid dienone is 1. The molecule has 0 aromatic heterocycles. The fourth-order valence-corrected chi connectivity index (χ4v) is 6.06. The highest BCUT2D eigenvalue weighted by molar-refractivity contribution is 5.86. The molecule has 0 amide bonds. The normalized spacial score (nSPS) is 22.4. The number of aliphatic imine (C=N–C) groups is 1. The highest BCUT2D eigenvalue weighted by Gasteiger charge is 2.33. The topological polar surface area (TPSA) is 51.2 Å². The van der Waals surface area contributed by atoms with E-state index in [1.165, 1.54) is 67.8 Å². The number of hydrogen-bond acceptors (Lipinski definition) is 6. The van der Waals surface area contributed by atoms with Crippen LogP contribution in [0.5, 0.6) is 0 Å². The van der Waals surface area contributed by atoms with E-state index in [9.17, 15) is 4.79 Å². The van der Waals surface area contributed by atoms with Crippen molar-refractivity contribution in [2.75, 3.05) is 65.7 Å². The molecule has 3 heterocycles. The van der Waals surface area contributed by atoms with Crippen molar-refractivity contribution in [1.29, 1.82) is 0 Å². The number of rotatable bonds is 14. The number of unbranched alkanes of at least 4 members (excludes halogenated alkanes) is 2. The van der Waals surface area contributed by atoms with Gasteiger partial charge in [-0.25, -0.2) is 0 Å². The molecule has 4 rings (SSSR count). The summed E-state index contributed by atoms with van der Waals surface area (Å²) >= 11 is 0. The van der Waals surface area contributed by atoms with E-state index < -0.39 is 0 Å². The van der Waals surface area contributed by atoms with Crippen LogP contribution in [-0.4, -0.2) is 93.2 Å². The molecule has 3 atom stereocenters. The van der Waals surface area contributed by atoms with Crippen molar-refractivity contribution in [2.24, 2.45) is 10.9 Å². The van der Waals surface area contributed by atoms with E-state index in [-0.39, 0.29) is 0 Å². The lowest BCUT2D eigenvalue weighted by Crippen LogP contribution is -2.31. The van der Waals surface area contributed by atoms with Gasteiger partial charge in [-0.3, -0.25) is 9.89 Å². The Bertz CT molecular complexity index is 927. The summed E-state index contributed by atoms with van der Waals surface area (Å²) in [5.41, 5.74) is 5.51. The quantitative estimate of drug-likeness (QED) is 0.238. The monoisotopic (exact) mass is 537 g/mol. The molecule has 3 unspecified atom stereocenters. The summed E-state index contributed by atoms with van der Waals surface area (Å²) in [5.74, 6) is 1.14. The van der Waals surface area contributed by atoms with Gasteiger partial charge in [0, 0.05) is 36.7 Å². The second kappa shape index (κ2) is 16.9. The average molecular weight is 538 g/mol. The second-order valence-electron chi connectivity index (χ2n) is 12.2. The number of nitrogens with one attached hydrogen (secondary N) is 1. The largest absolute Gasteiger partial charge is 0.384 e. The lowest BCUT2D eigenvalue weighted by molar-refractivity contribution is -0.109.